The second kappa shape index (κ2) is 11.0. The van der Waals surface area contributed by atoms with Crippen LogP contribution in [0.5, 0.6) is 0 Å². The van der Waals surface area contributed by atoms with Crippen LogP contribution in [-0.4, -0.2) is 19.4 Å². The Labute approximate surface area is 282 Å². The summed E-state index contributed by atoms with van der Waals surface area (Å²) in [7, 11) is 0. The van der Waals surface area contributed by atoms with E-state index in [0.29, 0.717) is 0 Å². The first-order chi connectivity index (χ1) is 24.3. The summed E-state index contributed by atoms with van der Waals surface area (Å²) < 4.78 is 2.15. The predicted molar refractivity (Wildman–Crippen MR) is 203 cm³/mol. The maximum absolute atomic E-state index is 5.12. The summed E-state index contributed by atoms with van der Waals surface area (Å²) in [6.07, 6.45) is 3.96. The molecule has 0 unspecified atom stereocenters. The van der Waals surface area contributed by atoms with Crippen LogP contribution in [0, 0.1) is 0 Å². The summed E-state index contributed by atoms with van der Waals surface area (Å²) in [5.74, 6) is 0. The highest BCUT2D eigenvalue weighted by molar-refractivity contribution is 6.22. The molecular weight excluding hydrogens is 597 g/mol. The van der Waals surface area contributed by atoms with Gasteiger partial charge in [-0.05, 0) is 57.6 Å². The molecule has 10 rings (SSSR count). The molecule has 4 heterocycles. The summed E-state index contributed by atoms with van der Waals surface area (Å²) in [6.45, 7) is 0. The maximum atomic E-state index is 5.12. The summed E-state index contributed by atoms with van der Waals surface area (Å²) in [4.78, 5) is 15.1. The van der Waals surface area contributed by atoms with Crippen LogP contribution in [0.1, 0.15) is 0 Å². The number of rotatable bonds is 4. The van der Waals surface area contributed by atoms with Crippen molar-refractivity contribution in [3.05, 3.63) is 170 Å². The molecule has 4 heteroatoms. The number of hydrogen-bond donors (Lipinski definition) is 0. The summed E-state index contributed by atoms with van der Waals surface area (Å²) in [5.41, 5.74) is 10.3. The van der Waals surface area contributed by atoms with Crippen LogP contribution in [0.15, 0.2) is 170 Å². The Kier molecular flexibility index (Phi) is 6.15. The largest absolute Gasteiger partial charge is 0.298 e. The van der Waals surface area contributed by atoms with Gasteiger partial charge < -0.3 is 0 Å². The van der Waals surface area contributed by atoms with Gasteiger partial charge in [0, 0.05) is 45.1 Å². The Morgan fingerprint density at radius 2 is 1.12 bits per heavy atom. The van der Waals surface area contributed by atoms with Crippen molar-refractivity contribution < 1.29 is 0 Å². The lowest BCUT2D eigenvalue weighted by Gasteiger charge is -2.13. The quantitative estimate of drug-likeness (QED) is 0.183. The molecule has 0 N–H and O–H groups in total. The van der Waals surface area contributed by atoms with Crippen LogP contribution in [-0.2, 0) is 0 Å². The average molecular weight is 625 g/mol. The Hall–Kier alpha value is -6.65. The molecule has 0 saturated carbocycles. The molecule has 0 aliphatic rings. The van der Waals surface area contributed by atoms with Crippen molar-refractivity contribution >= 4 is 48.9 Å². The van der Waals surface area contributed by atoms with Crippen molar-refractivity contribution in [2.24, 2.45) is 0 Å². The second-order valence-corrected chi connectivity index (χ2v) is 12.5. The molecule has 228 valence electrons. The Morgan fingerprint density at radius 1 is 0.408 bits per heavy atom. The van der Waals surface area contributed by atoms with Crippen molar-refractivity contribution in [3.8, 4) is 45.0 Å². The number of para-hydroxylation sites is 1. The van der Waals surface area contributed by atoms with Crippen molar-refractivity contribution in [2.45, 2.75) is 0 Å². The Morgan fingerprint density at radius 3 is 2.02 bits per heavy atom. The van der Waals surface area contributed by atoms with E-state index in [9.17, 15) is 0 Å². The minimum absolute atomic E-state index is 0.895. The van der Waals surface area contributed by atoms with Gasteiger partial charge in [0.15, 0.2) is 0 Å². The number of aromatic nitrogens is 4. The fraction of sp³-hybridized carbons (Fsp3) is 0. The number of nitrogens with zero attached hydrogens (tertiary/aromatic N) is 4. The summed E-state index contributed by atoms with van der Waals surface area (Å²) in [5, 5.41) is 8.27. The van der Waals surface area contributed by atoms with E-state index in [1.54, 1.807) is 0 Å². The zero-order valence-electron chi connectivity index (χ0n) is 26.5. The molecule has 0 aliphatic heterocycles. The van der Waals surface area contributed by atoms with Gasteiger partial charge >= 0.3 is 0 Å². The fourth-order valence-corrected chi connectivity index (χ4v) is 7.33. The van der Waals surface area contributed by atoms with E-state index in [1.807, 2.05) is 24.4 Å². The number of pyridine rings is 3. The third kappa shape index (κ3) is 4.42. The molecule has 0 aliphatic carbocycles. The van der Waals surface area contributed by atoms with Crippen LogP contribution in [0.25, 0.3) is 93.9 Å². The number of fused-ring (bicyclic) bond motifs is 7. The molecule has 0 atom stereocenters. The molecule has 4 aromatic heterocycles. The van der Waals surface area contributed by atoms with E-state index in [1.165, 1.54) is 32.5 Å². The summed E-state index contributed by atoms with van der Waals surface area (Å²) in [6, 6.07) is 55.6. The molecule has 0 fully saturated rings. The summed E-state index contributed by atoms with van der Waals surface area (Å²) >= 11 is 0. The first kappa shape index (κ1) is 27.5. The average Bonchev–Trinajstić information content (AvgIpc) is 3.57. The first-order valence-electron chi connectivity index (χ1n) is 16.5. The smallest absolute Gasteiger partial charge is 0.137 e. The van der Waals surface area contributed by atoms with E-state index in [-0.39, 0.29) is 0 Å². The molecule has 6 aromatic carbocycles. The van der Waals surface area contributed by atoms with Crippen LogP contribution < -0.4 is 0 Å². The lowest BCUT2D eigenvalue weighted by atomic mass is 9.93. The third-order valence-corrected chi connectivity index (χ3v) is 9.65. The second-order valence-electron chi connectivity index (χ2n) is 12.5. The standard InChI is InChI=1S/C45H28N4/c1-2-11-31(12-3-1)42-38-24-22-34-28-33(21-23-35(34)41(38)37-14-6-7-15-39(37)47-42)29-17-19-32(20-18-29)43-45(49-27-9-8-16-40(49)48-43)44-36-13-5-4-10-30(36)25-26-46-44/h1-28H. The molecular formula is C45H28N4. The Balaban J connectivity index is 1.10. The monoisotopic (exact) mass is 624 g/mol. The molecule has 0 bridgehead atoms. The molecule has 0 saturated heterocycles. The number of benzene rings is 6. The van der Waals surface area contributed by atoms with Gasteiger partial charge in [-0.15, -0.1) is 0 Å². The van der Waals surface area contributed by atoms with Crippen molar-refractivity contribution in [1.29, 1.82) is 0 Å². The fourth-order valence-electron chi connectivity index (χ4n) is 7.33. The van der Waals surface area contributed by atoms with Gasteiger partial charge in [-0.3, -0.25) is 9.38 Å². The van der Waals surface area contributed by atoms with Crippen LogP contribution >= 0.6 is 0 Å². The maximum Gasteiger partial charge on any atom is 0.137 e. The van der Waals surface area contributed by atoms with E-state index >= 15 is 0 Å². The van der Waals surface area contributed by atoms with Crippen molar-refractivity contribution in [3.63, 3.8) is 0 Å². The predicted octanol–water partition coefficient (Wildman–Crippen LogP) is 11.4. The van der Waals surface area contributed by atoms with E-state index < -0.39 is 0 Å². The molecule has 0 radical (unpaired) electrons. The number of hydrogen-bond acceptors (Lipinski definition) is 3. The highest BCUT2D eigenvalue weighted by Crippen LogP contribution is 2.39. The van der Waals surface area contributed by atoms with Crippen LogP contribution in [0.2, 0.25) is 0 Å². The molecule has 4 nitrogen and oxygen atoms in total. The molecule has 0 spiro atoms. The van der Waals surface area contributed by atoms with Gasteiger partial charge in [0.2, 0.25) is 0 Å². The highest BCUT2D eigenvalue weighted by atomic mass is 15.0. The molecule has 0 amide bonds. The van der Waals surface area contributed by atoms with Crippen molar-refractivity contribution in [1.82, 2.24) is 19.4 Å². The van der Waals surface area contributed by atoms with Gasteiger partial charge in [0.05, 0.1) is 28.3 Å². The van der Waals surface area contributed by atoms with Gasteiger partial charge in [0.1, 0.15) is 5.65 Å². The van der Waals surface area contributed by atoms with Gasteiger partial charge in [-0.25, -0.2) is 9.97 Å². The van der Waals surface area contributed by atoms with Gasteiger partial charge in [-0.1, -0.05) is 127 Å². The molecule has 10 aromatic rings. The highest BCUT2D eigenvalue weighted by Gasteiger charge is 2.19. The Bertz CT molecular complexity index is 2860. The lowest BCUT2D eigenvalue weighted by Crippen LogP contribution is -1.93. The van der Waals surface area contributed by atoms with Gasteiger partial charge in [0.25, 0.3) is 0 Å². The van der Waals surface area contributed by atoms with Crippen LogP contribution in [0.4, 0.5) is 0 Å². The minimum atomic E-state index is 0.895. The lowest BCUT2D eigenvalue weighted by molar-refractivity contribution is 1.17. The first-order valence-corrected chi connectivity index (χ1v) is 16.5. The van der Waals surface area contributed by atoms with Crippen molar-refractivity contribution in [2.75, 3.05) is 0 Å². The van der Waals surface area contributed by atoms with Gasteiger partial charge in [-0.2, -0.15) is 0 Å². The third-order valence-electron chi connectivity index (χ3n) is 9.65. The van der Waals surface area contributed by atoms with E-state index in [0.717, 1.165) is 61.4 Å². The SMILES string of the molecule is c1ccc(-c2nc3ccccc3c3c2ccc2cc(-c4ccc(-c5nc6ccccn6c5-c5nccc6ccccc56)cc4)ccc23)cc1. The zero-order chi connectivity index (χ0) is 32.3. The minimum Gasteiger partial charge on any atom is -0.298 e. The normalized spacial score (nSPS) is 11.7. The van der Waals surface area contributed by atoms with E-state index in [2.05, 4.69) is 150 Å². The molecule has 49 heavy (non-hydrogen) atoms. The topological polar surface area (TPSA) is 43.1 Å². The van der Waals surface area contributed by atoms with E-state index in [4.69, 9.17) is 15.0 Å². The zero-order valence-corrected chi connectivity index (χ0v) is 26.5. The number of imidazole rings is 1. The van der Waals surface area contributed by atoms with Crippen LogP contribution in [0.3, 0.4) is 0 Å².